The minimum atomic E-state index is -0.892. The van der Waals surface area contributed by atoms with E-state index < -0.39 is 12.1 Å². The number of H-pyrrole nitrogens is 1. The number of carbonyl (C=O) groups excluding carboxylic acids is 2. The van der Waals surface area contributed by atoms with Crippen LogP contribution in [0.1, 0.15) is 23.0 Å². The number of nitrogens with zero attached hydrogens (tertiary/aromatic N) is 2. The molecule has 0 aliphatic carbocycles. The van der Waals surface area contributed by atoms with Crippen molar-refractivity contribution in [1.82, 2.24) is 15.1 Å². The largest absolute Gasteiger partial charge is 0.448 e. The van der Waals surface area contributed by atoms with Gasteiger partial charge in [0.25, 0.3) is 5.91 Å². The molecule has 1 heterocycles. The summed E-state index contributed by atoms with van der Waals surface area (Å²) in [6.45, 7) is 2.02. The highest BCUT2D eigenvalue weighted by atomic mass is 16.5. The van der Waals surface area contributed by atoms with Crippen LogP contribution in [-0.4, -0.2) is 40.1 Å². The molecular formula is C19H19N3O3. The van der Waals surface area contributed by atoms with E-state index in [2.05, 4.69) is 10.2 Å². The van der Waals surface area contributed by atoms with E-state index in [0.29, 0.717) is 11.9 Å². The minimum Gasteiger partial charge on any atom is -0.448 e. The highest BCUT2D eigenvalue weighted by Gasteiger charge is 2.24. The number of hydrogen-bond donors (Lipinski definition) is 1. The molecular weight excluding hydrogens is 318 g/mol. The zero-order chi connectivity index (χ0) is 17.8. The van der Waals surface area contributed by atoms with E-state index in [1.54, 1.807) is 20.0 Å². The van der Waals surface area contributed by atoms with Gasteiger partial charge < -0.3 is 9.64 Å². The highest BCUT2D eigenvalue weighted by Crippen LogP contribution is 2.17. The standard InChI is InChI=1S/C19H19N3O3/c1-13(18(23)22(2)12-14-8-4-3-5-9-14)25-19(24)17-15-10-6-7-11-16(15)20-21-17/h3-11,13H,12H2,1-2H3,(H,20,21). The van der Waals surface area contributed by atoms with E-state index in [0.717, 1.165) is 11.1 Å². The first-order valence-corrected chi connectivity index (χ1v) is 7.99. The fraction of sp³-hybridized carbons (Fsp3) is 0.211. The first kappa shape index (κ1) is 16.7. The van der Waals surface area contributed by atoms with Crippen LogP contribution in [0.3, 0.4) is 0 Å². The maximum absolute atomic E-state index is 12.4. The molecule has 2 aromatic carbocycles. The molecule has 3 rings (SSSR count). The Hall–Kier alpha value is -3.15. The number of fused-ring (bicyclic) bond motifs is 1. The fourth-order valence-electron chi connectivity index (χ4n) is 2.63. The van der Waals surface area contributed by atoms with Crippen LogP contribution in [0.5, 0.6) is 0 Å². The summed E-state index contributed by atoms with van der Waals surface area (Å²) in [5.74, 6) is -0.886. The first-order valence-electron chi connectivity index (χ1n) is 7.99. The minimum absolute atomic E-state index is 0.181. The van der Waals surface area contributed by atoms with Crippen molar-refractivity contribution in [3.8, 4) is 0 Å². The second kappa shape index (κ2) is 7.17. The highest BCUT2D eigenvalue weighted by molar-refractivity contribution is 6.02. The van der Waals surface area contributed by atoms with E-state index in [4.69, 9.17) is 4.74 Å². The maximum atomic E-state index is 12.4. The number of aromatic nitrogens is 2. The lowest BCUT2D eigenvalue weighted by Gasteiger charge is -2.21. The van der Waals surface area contributed by atoms with E-state index in [1.807, 2.05) is 48.5 Å². The Bertz CT molecular complexity index is 889. The van der Waals surface area contributed by atoms with E-state index in [9.17, 15) is 9.59 Å². The van der Waals surface area contributed by atoms with Gasteiger partial charge in [-0.3, -0.25) is 9.89 Å². The van der Waals surface area contributed by atoms with Crippen molar-refractivity contribution in [3.63, 3.8) is 0 Å². The third-order valence-electron chi connectivity index (χ3n) is 3.93. The van der Waals surface area contributed by atoms with Gasteiger partial charge in [-0.1, -0.05) is 48.5 Å². The molecule has 1 amide bonds. The van der Waals surface area contributed by atoms with Crippen LogP contribution in [-0.2, 0) is 16.1 Å². The quantitative estimate of drug-likeness (QED) is 0.727. The lowest BCUT2D eigenvalue weighted by molar-refractivity contribution is -0.139. The fourth-order valence-corrected chi connectivity index (χ4v) is 2.63. The molecule has 1 aromatic heterocycles. The Labute approximate surface area is 145 Å². The van der Waals surface area contributed by atoms with Gasteiger partial charge in [-0.25, -0.2) is 4.79 Å². The number of aromatic amines is 1. The molecule has 0 bridgehead atoms. The van der Waals surface area contributed by atoms with Crippen LogP contribution in [0.25, 0.3) is 10.9 Å². The zero-order valence-electron chi connectivity index (χ0n) is 14.1. The number of rotatable bonds is 5. The number of likely N-dealkylation sites (N-methyl/N-ethyl adjacent to an activating group) is 1. The van der Waals surface area contributed by atoms with Gasteiger partial charge in [0.2, 0.25) is 0 Å². The lowest BCUT2D eigenvalue weighted by atomic mass is 10.2. The molecule has 25 heavy (non-hydrogen) atoms. The Morgan fingerprint density at radius 2 is 1.80 bits per heavy atom. The summed E-state index contributed by atoms with van der Waals surface area (Å²) in [7, 11) is 1.68. The number of esters is 1. The smallest absolute Gasteiger partial charge is 0.360 e. The number of ether oxygens (including phenoxy) is 1. The van der Waals surface area contributed by atoms with Crippen molar-refractivity contribution in [3.05, 3.63) is 65.9 Å². The molecule has 0 aliphatic rings. The number of para-hydroxylation sites is 1. The third-order valence-corrected chi connectivity index (χ3v) is 3.93. The zero-order valence-corrected chi connectivity index (χ0v) is 14.1. The second-order valence-electron chi connectivity index (χ2n) is 5.85. The average molecular weight is 337 g/mol. The van der Waals surface area contributed by atoms with Crippen molar-refractivity contribution < 1.29 is 14.3 Å². The van der Waals surface area contributed by atoms with Crippen molar-refractivity contribution in [2.24, 2.45) is 0 Å². The Balaban J connectivity index is 1.65. The molecule has 6 heteroatoms. The normalized spacial score (nSPS) is 11.9. The maximum Gasteiger partial charge on any atom is 0.360 e. The SMILES string of the molecule is CC(OC(=O)c1n[nH]c2ccccc12)C(=O)N(C)Cc1ccccc1. The van der Waals surface area contributed by atoms with Crippen LogP contribution in [0.2, 0.25) is 0 Å². The van der Waals surface area contributed by atoms with Crippen molar-refractivity contribution >= 4 is 22.8 Å². The first-order chi connectivity index (χ1) is 12.1. The summed E-state index contributed by atoms with van der Waals surface area (Å²) in [5, 5.41) is 7.45. The molecule has 1 N–H and O–H groups in total. The number of nitrogens with one attached hydrogen (secondary N) is 1. The van der Waals surface area contributed by atoms with Gasteiger partial charge in [0.15, 0.2) is 11.8 Å². The molecule has 0 aliphatic heterocycles. The average Bonchev–Trinajstić information content (AvgIpc) is 3.06. The molecule has 0 saturated heterocycles. The molecule has 128 valence electrons. The van der Waals surface area contributed by atoms with Crippen LogP contribution < -0.4 is 0 Å². The van der Waals surface area contributed by atoms with Crippen LogP contribution in [0, 0.1) is 0 Å². The summed E-state index contributed by atoms with van der Waals surface area (Å²) in [4.78, 5) is 26.3. The number of benzene rings is 2. The van der Waals surface area contributed by atoms with Crippen LogP contribution in [0.4, 0.5) is 0 Å². The lowest BCUT2D eigenvalue weighted by Crippen LogP contribution is -2.37. The Morgan fingerprint density at radius 1 is 1.12 bits per heavy atom. The van der Waals surface area contributed by atoms with Crippen molar-refractivity contribution in [1.29, 1.82) is 0 Å². The second-order valence-corrected chi connectivity index (χ2v) is 5.85. The van der Waals surface area contributed by atoms with Gasteiger partial charge in [-0.2, -0.15) is 5.10 Å². The van der Waals surface area contributed by atoms with Gasteiger partial charge >= 0.3 is 5.97 Å². The molecule has 0 radical (unpaired) electrons. The number of carbonyl (C=O) groups is 2. The third kappa shape index (κ3) is 3.68. The van der Waals surface area contributed by atoms with Crippen molar-refractivity contribution in [2.45, 2.75) is 19.6 Å². The van der Waals surface area contributed by atoms with Crippen LogP contribution in [0.15, 0.2) is 54.6 Å². The summed E-state index contributed by atoms with van der Waals surface area (Å²) >= 11 is 0. The van der Waals surface area contributed by atoms with Crippen molar-refractivity contribution in [2.75, 3.05) is 7.05 Å². The summed E-state index contributed by atoms with van der Waals surface area (Å²) in [6, 6.07) is 16.9. The number of amides is 1. The monoisotopic (exact) mass is 337 g/mol. The van der Waals surface area contributed by atoms with E-state index >= 15 is 0 Å². The summed E-state index contributed by atoms with van der Waals surface area (Å²) in [5.41, 5.74) is 1.94. The summed E-state index contributed by atoms with van der Waals surface area (Å²) < 4.78 is 5.31. The van der Waals surface area contributed by atoms with Crippen LogP contribution >= 0.6 is 0 Å². The van der Waals surface area contributed by atoms with E-state index in [-0.39, 0.29) is 11.6 Å². The molecule has 3 aromatic rings. The topological polar surface area (TPSA) is 75.3 Å². The molecule has 0 fully saturated rings. The molecule has 6 nitrogen and oxygen atoms in total. The molecule has 1 unspecified atom stereocenters. The van der Waals surface area contributed by atoms with E-state index in [1.165, 1.54) is 4.90 Å². The summed E-state index contributed by atoms with van der Waals surface area (Å²) in [6.07, 6.45) is -0.892. The van der Waals surface area contributed by atoms with Gasteiger partial charge in [-0.05, 0) is 18.6 Å². The predicted molar refractivity (Wildman–Crippen MR) is 93.9 cm³/mol. The predicted octanol–water partition coefficient (Wildman–Crippen LogP) is 2.77. The Morgan fingerprint density at radius 3 is 2.56 bits per heavy atom. The number of hydrogen-bond acceptors (Lipinski definition) is 4. The Kier molecular flexibility index (Phi) is 4.79. The molecule has 1 atom stereocenters. The van der Waals surface area contributed by atoms with Gasteiger partial charge in [0.1, 0.15) is 0 Å². The molecule has 0 spiro atoms. The van der Waals surface area contributed by atoms with Gasteiger partial charge in [0.05, 0.1) is 5.52 Å². The van der Waals surface area contributed by atoms with Gasteiger partial charge in [0, 0.05) is 19.0 Å². The van der Waals surface area contributed by atoms with Gasteiger partial charge in [-0.15, -0.1) is 0 Å². The molecule has 0 saturated carbocycles.